The van der Waals surface area contributed by atoms with Crippen molar-refractivity contribution < 1.29 is 13.9 Å². The van der Waals surface area contributed by atoms with Crippen LogP contribution in [0.2, 0.25) is 0 Å². The van der Waals surface area contributed by atoms with E-state index in [0.29, 0.717) is 29.4 Å². The molecule has 1 aliphatic heterocycles. The summed E-state index contributed by atoms with van der Waals surface area (Å²) in [5.41, 5.74) is 0. The van der Waals surface area contributed by atoms with Crippen LogP contribution < -0.4 is 5.09 Å². The Balaban J connectivity index is 2.26. The minimum Gasteiger partial charge on any atom is -0.298 e. The van der Waals surface area contributed by atoms with E-state index < -0.39 is 14.2 Å². The summed E-state index contributed by atoms with van der Waals surface area (Å²) in [6.07, 6.45) is 2.75. The fourth-order valence-corrected chi connectivity index (χ4v) is 4.91. The molecule has 0 aromatic rings. The molecule has 0 spiro atoms. The van der Waals surface area contributed by atoms with Crippen LogP contribution in [0.5, 0.6) is 0 Å². The van der Waals surface area contributed by atoms with Gasteiger partial charge in [-0.25, -0.2) is 0 Å². The molecule has 5 unspecified atom stereocenters. The Morgan fingerprint density at radius 1 is 1.53 bits per heavy atom. The zero-order valence-electron chi connectivity index (χ0n) is 12.2. The zero-order valence-corrected chi connectivity index (χ0v) is 13.9. The molecule has 0 radical (unpaired) electrons. The lowest BCUT2D eigenvalue weighted by molar-refractivity contribution is -0.120. The molecule has 0 bridgehead atoms. The highest BCUT2D eigenvalue weighted by Gasteiger charge is 2.34. The van der Waals surface area contributed by atoms with Gasteiger partial charge in [0.05, 0.1) is 0 Å². The smallest absolute Gasteiger partial charge is 0.298 e. The fourth-order valence-electron chi connectivity index (χ4n) is 2.33. The van der Waals surface area contributed by atoms with Crippen LogP contribution in [-0.2, 0) is 13.9 Å². The highest BCUT2D eigenvalue weighted by Crippen LogP contribution is 2.40. The third-order valence-electron chi connectivity index (χ3n) is 3.55. The second kappa shape index (κ2) is 8.35. The number of nitrogens with one attached hydrogen (secondary N) is 1. The van der Waals surface area contributed by atoms with Gasteiger partial charge in [-0.1, -0.05) is 25.9 Å². The summed E-state index contributed by atoms with van der Waals surface area (Å²) in [4.78, 5) is 11.4. The summed E-state index contributed by atoms with van der Waals surface area (Å²) < 4.78 is 17.1. The van der Waals surface area contributed by atoms with Gasteiger partial charge in [-0.15, -0.1) is 4.52 Å². The fraction of sp³-hybridized carbons (Fsp3) is 0.923. The highest BCUT2D eigenvalue weighted by molar-refractivity contribution is 8.00. The lowest BCUT2D eigenvalue weighted by atomic mass is 10.0. The van der Waals surface area contributed by atoms with Gasteiger partial charge in [0, 0.05) is 16.9 Å². The van der Waals surface area contributed by atoms with E-state index in [2.05, 4.69) is 18.9 Å². The molecule has 0 saturated carbocycles. The summed E-state index contributed by atoms with van der Waals surface area (Å²) in [6.45, 7) is 8.50. The summed E-state index contributed by atoms with van der Waals surface area (Å²) >= 11 is 1.94. The molecule has 5 atom stereocenters. The molecule has 1 heterocycles. The third kappa shape index (κ3) is 5.50. The molecule has 1 fully saturated rings. The Hall–Kier alpha value is 0.0400. The van der Waals surface area contributed by atoms with Gasteiger partial charge in [-0.3, -0.25) is 4.79 Å². The Morgan fingerprint density at radius 3 is 2.74 bits per heavy atom. The van der Waals surface area contributed by atoms with Crippen LogP contribution in [0.25, 0.3) is 0 Å². The van der Waals surface area contributed by atoms with Crippen LogP contribution >= 0.6 is 19.9 Å². The van der Waals surface area contributed by atoms with Crippen molar-refractivity contribution in [1.29, 1.82) is 0 Å². The number of rotatable bonds is 8. The monoisotopic (exact) mass is 306 g/mol. The first-order valence-corrected chi connectivity index (χ1v) is 9.14. The van der Waals surface area contributed by atoms with E-state index in [1.165, 1.54) is 6.42 Å². The Labute approximate surface area is 121 Å². The van der Waals surface area contributed by atoms with E-state index in [0.717, 1.165) is 6.42 Å². The van der Waals surface area contributed by atoms with E-state index in [-0.39, 0.29) is 5.78 Å². The van der Waals surface area contributed by atoms with Crippen molar-refractivity contribution in [3.63, 3.8) is 0 Å². The van der Waals surface area contributed by atoms with Gasteiger partial charge < -0.3 is 0 Å². The maximum atomic E-state index is 11.7. The molecule has 4 nitrogen and oxygen atoms in total. The molecule has 0 aromatic carbocycles. The Kier molecular flexibility index (Phi) is 7.52. The number of carbonyl (C=O) groups is 1. The SMILES string of the molecule is CCC(=O)C(C)N[P+](=O)OCC1CC(C)C(CC)S1. The van der Waals surface area contributed by atoms with Crippen molar-refractivity contribution in [2.75, 3.05) is 6.61 Å². The Morgan fingerprint density at radius 2 is 2.21 bits per heavy atom. The lowest BCUT2D eigenvalue weighted by Gasteiger charge is -2.09. The molecular formula is C13H25NO3PS+. The molecule has 6 heteroatoms. The standard InChI is InChI=1S/C13H25NO3PS/c1-5-12(15)10(4)14-18(16)17-8-11-7-9(3)13(6-2)19-11/h9-11,13H,5-8H2,1-4H3,(H,14,16)/q+1. The normalized spacial score (nSPS) is 29.3. The number of carbonyl (C=O) groups excluding carboxylic acids is 1. The molecule has 0 amide bonds. The van der Waals surface area contributed by atoms with Gasteiger partial charge in [0.15, 0.2) is 5.78 Å². The van der Waals surface area contributed by atoms with E-state index in [1.54, 1.807) is 13.8 Å². The first-order chi connectivity index (χ1) is 8.97. The number of hydrogen-bond acceptors (Lipinski definition) is 4. The third-order valence-corrected chi connectivity index (χ3v) is 6.39. The first kappa shape index (κ1) is 17.1. The number of hydrogen-bond donors (Lipinski definition) is 1. The molecule has 110 valence electrons. The van der Waals surface area contributed by atoms with Crippen molar-refractivity contribution in [2.45, 2.75) is 63.5 Å². The van der Waals surface area contributed by atoms with Gasteiger partial charge in [0.1, 0.15) is 12.6 Å². The molecular weight excluding hydrogens is 281 g/mol. The minimum atomic E-state index is -1.94. The number of Topliss-reactive ketones (excluding diaryl/α,β-unsaturated/α-hetero) is 1. The van der Waals surface area contributed by atoms with Crippen LogP contribution in [0, 0.1) is 5.92 Å². The molecule has 1 saturated heterocycles. The number of thioether (sulfide) groups is 1. The number of ketones is 1. The molecule has 0 aliphatic carbocycles. The van der Waals surface area contributed by atoms with Gasteiger partial charge in [0.25, 0.3) is 0 Å². The van der Waals surface area contributed by atoms with Crippen LogP contribution in [0.1, 0.15) is 47.0 Å². The maximum absolute atomic E-state index is 11.7. The zero-order chi connectivity index (χ0) is 14.4. The highest BCUT2D eigenvalue weighted by atomic mass is 32.2. The molecule has 1 rings (SSSR count). The van der Waals surface area contributed by atoms with Gasteiger partial charge in [0.2, 0.25) is 0 Å². The van der Waals surface area contributed by atoms with E-state index in [1.807, 2.05) is 11.8 Å². The molecule has 19 heavy (non-hydrogen) atoms. The lowest BCUT2D eigenvalue weighted by Crippen LogP contribution is -2.29. The summed E-state index contributed by atoms with van der Waals surface area (Å²) in [7, 11) is -1.94. The molecule has 1 aliphatic rings. The van der Waals surface area contributed by atoms with Gasteiger partial charge in [-0.2, -0.15) is 11.8 Å². The van der Waals surface area contributed by atoms with E-state index in [4.69, 9.17) is 4.52 Å². The first-order valence-electron chi connectivity index (χ1n) is 7.02. The van der Waals surface area contributed by atoms with Crippen LogP contribution in [0.15, 0.2) is 0 Å². The van der Waals surface area contributed by atoms with Crippen molar-refractivity contribution >= 4 is 25.7 Å². The summed E-state index contributed by atoms with van der Waals surface area (Å²) in [5, 5.41) is 3.84. The largest absolute Gasteiger partial charge is 0.613 e. The predicted molar refractivity (Wildman–Crippen MR) is 80.7 cm³/mol. The van der Waals surface area contributed by atoms with Crippen LogP contribution in [0.3, 0.4) is 0 Å². The minimum absolute atomic E-state index is 0.0573. The van der Waals surface area contributed by atoms with Crippen molar-refractivity contribution in [3.05, 3.63) is 0 Å². The predicted octanol–water partition coefficient (Wildman–Crippen LogP) is 3.54. The molecule has 1 N–H and O–H groups in total. The van der Waals surface area contributed by atoms with Crippen LogP contribution in [-0.4, -0.2) is 28.9 Å². The van der Waals surface area contributed by atoms with E-state index in [9.17, 15) is 9.36 Å². The van der Waals surface area contributed by atoms with Crippen molar-refractivity contribution in [1.82, 2.24) is 5.09 Å². The van der Waals surface area contributed by atoms with Gasteiger partial charge in [-0.05, 0) is 30.2 Å². The average molecular weight is 306 g/mol. The second-order valence-electron chi connectivity index (χ2n) is 5.14. The summed E-state index contributed by atoms with van der Waals surface area (Å²) in [6, 6.07) is -0.396. The quantitative estimate of drug-likeness (QED) is 0.695. The van der Waals surface area contributed by atoms with Crippen molar-refractivity contribution in [3.8, 4) is 0 Å². The van der Waals surface area contributed by atoms with Crippen molar-refractivity contribution in [2.24, 2.45) is 5.92 Å². The Bertz CT molecular complexity index is 327. The summed E-state index contributed by atoms with van der Waals surface area (Å²) in [5.74, 6) is 0.761. The average Bonchev–Trinajstić information content (AvgIpc) is 2.75. The maximum Gasteiger partial charge on any atom is 0.613 e. The topological polar surface area (TPSA) is 55.4 Å². The second-order valence-corrected chi connectivity index (χ2v) is 7.72. The van der Waals surface area contributed by atoms with Crippen LogP contribution in [0.4, 0.5) is 0 Å². The van der Waals surface area contributed by atoms with E-state index >= 15 is 0 Å². The van der Waals surface area contributed by atoms with Gasteiger partial charge >= 0.3 is 8.18 Å². The molecule has 0 aromatic heterocycles.